The molecule has 0 aliphatic carbocycles. The third-order valence-corrected chi connectivity index (χ3v) is 3.01. The highest BCUT2D eigenvalue weighted by atomic mass is 19.1. The summed E-state index contributed by atoms with van der Waals surface area (Å²) in [4.78, 5) is 8.25. The normalized spacial score (nSPS) is 10.3. The van der Waals surface area contributed by atoms with Gasteiger partial charge in [-0.05, 0) is 36.4 Å². The van der Waals surface area contributed by atoms with Gasteiger partial charge in [0.1, 0.15) is 18.0 Å². The first kappa shape index (κ1) is 12.8. The standard InChI is InChI=1S/C15H10FN5/c16-12-5-9(7-17)1-4-13(12)21-15-11-3-2-10(18)6-14(11)19-8-20-15/h1-6,8H,18H2,(H,19,20,21). The number of hydrogen-bond acceptors (Lipinski definition) is 5. The summed E-state index contributed by atoms with van der Waals surface area (Å²) in [6, 6.07) is 11.3. The summed E-state index contributed by atoms with van der Waals surface area (Å²) in [6.45, 7) is 0. The number of nitrogens with one attached hydrogen (secondary N) is 1. The van der Waals surface area contributed by atoms with E-state index in [0.717, 1.165) is 5.39 Å². The molecule has 0 saturated carbocycles. The van der Waals surface area contributed by atoms with Crippen molar-refractivity contribution in [3.8, 4) is 6.07 Å². The number of benzene rings is 2. The molecule has 0 aliphatic heterocycles. The van der Waals surface area contributed by atoms with Crippen LogP contribution in [0.5, 0.6) is 0 Å². The van der Waals surface area contributed by atoms with E-state index in [1.165, 1.54) is 24.5 Å². The molecule has 0 fully saturated rings. The fourth-order valence-corrected chi connectivity index (χ4v) is 1.99. The minimum atomic E-state index is -0.517. The number of nitriles is 1. The molecule has 3 N–H and O–H groups in total. The van der Waals surface area contributed by atoms with Crippen molar-refractivity contribution in [2.45, 2.75) is 0 Å². The first-order valence-electron chi connectivity index (χ1n) is 6.14. The molecular weight excluding hydrogens is 269 g/mol. The number of anilines is 3. The smallest absolute Gasteiger partial charge is 0.147 e. The molecule has 0 radical (unpaired) electrons. The predicted octanol–water partition coefficient (Wildman–Crippen LogP) is 2.97. The van der Waals surface area contributed by atoms with E-state index in [0.29, 0.717) is 17.0 Å². The number of nitrogen functional groups attached to an aromatic ring is 1. The molecule has 0 saturated heterocycles. The van der Waals surface area contributed by atoms with Crippen LogP contribution in [-0.2, 0) is 0 Å². The van der Waals surface area contributed by atoms with Crippen LogP contribution in [0.25, 0.3) is 10.9 Å². The maximum absolute atomic E-state index is 13.9. The summed E-state index contributed by atoms with van der Waals surface area (Å²) in [5.74, 6) is -0.0418. The zero-order valence-corrected chi connectivity index (χ0v) is 10.8. The van der Waals surface area contributed by atoms with E-state index in [1.807, 2.05) is 6.07 Å². The Labute approximate surface area is 119 Å². The van der Waals surface area contributed by atoms with Crippen molar-refractivity contribution >= 4 is 28.1 Å². The molecule has 1 heterocycles. The van der Waals surface area contributed by atoms with Gasteiger partial charge < -0.3 is 11.1 Å². The fourth-order valence-electron chi connectivity index (χ4n) is 1.99. The quantitative estimate of drug-likeness (QED) is 0.704. The Morgan fingerprint density at radius 1 is 1.14 bits per heavy atom. The van der Waals surface area contributed by atoms with Crippen LogP contribution in [0.3, 0.4) is 0 Å². The van der Waals surface area contributed by atoms with Crippen molar-refractivity contribution < 1.29 is 4.39 Å². The highest BCUT2D eigenvalue weighted by Gasteiger charge is 2.08. The van der Waals surface area contributed by atoms with Crippen LogP contribution in [0.1, 0.15) is 5.56 Å². The van der Waals surface area contributed by atoms with Crippen molar-refractivity contribution in [1.82, 2.24) is 9.97 Å². The number of hydrogen-bond donors (Lipinski definition) is 2. The molecule has 1 aromatic heterocycles. The summed E-state index contributed by atoms with van der Waals surface area (Å²) in [7, 11) is 0. The highest BCUT2D eigenvalue weighted by molar-refractivity contribution is 5.92. The molecule has 6 heteroatoms. The monoisotopic (exact) mass is 279 g/mol. The molecule has 0 unspecified atom stereocenters. The van der Waals surface area contributed by atoms with Gasteiger partial charge in [-0.2, -0.15) is 5.26 Å². The minimum Gasteiger partial charge on any atom is -0.399 e. The van der Waals surface area contributed by atoms with Gasteiger partial charge in [-0.1, -0.05) is 0 Å². The van der Waals surface area contributed by atoms with Gasteiger partial charge in [0.25, 0.3) is 0 Å². The Kier molecular flexibility index (Phi) is 3.09. The third kappa shape index (κ3) is 2.44. The zero-order chi connectivity index (χ0) is 14.8. The van der Waals surface area contributed by atoms with Crippen LogP contribution < -0.4 is 11.1 Å². The van der Waals surface area contributed by atoms with Gasteiger partial charge in [0.15, 0.2) is 0 Å². The molecule has 0 amide bonds. The van der Waals surface area contributed by atoms with Gasteiger partial charge in [0.05, 0.1) is 22.8 Å². The lowest BCUT2D eigenvalue weighted by molar-refractivity contribution is 0.631. The first-order chi connectivity index (χ1) is 10.2. The number of fused-ring (bicyclic) bond motifs is 1. The van der Waals surface area contributed by atoms with E-state index in [-0.39, 0.29) is 11.3 Å². The van der Waals surface area contributed by atoms with Gasteiger partial charge in [0, 0.05) is 11.1 Å². The van der Waals surface area contributed by atoms with Crippen LogP contribution in [0.2, 0.25) is 0 Å². The molecule has 0 spiro atoms. The molecule has 3 rings (SSSR count). The maximum atomic E-state index is 13.9. The van der Waals surface area contributed by atoms with Crippen LogP contribution >= 0.6 is 0 Å². The predicted molar refractivity (Wildman–Crippen MR) is 78.3 cm³/mol. The number of aromatic nitrogens is 2. The largest absolute Gasteiger partial charge is 0.399 e. The summed E-state index contributed by atoms with van der Waals surface area (Å²) in [6.07, 6.45) is 1.38. The Hall–Kier alpha value is -3.20. The van der Waals surface area contributed by atoms with Crippen LogP contribution in [0, 0.1) is 17.1 Å². The molecule has 2 aromatic carbocycles. The van der Waals surface area contributed by atoms with Crippen LogP contribution in [0.4, 0.5) is 21.6 Å². The molecule has 0 aliphatic rings. The first-order valence-corrected chi connectivity index (χ1v) is 6.14. The second-order valence-electron chi connectivity index (χ2n) is 4.43. The van der Waals surface area contributed by atoms with E-state index < -0.39 is 5.82 Å². The van der Waals surface area contributed by atoms with Crippen molar-refractivity contribution in [3.63, 3.8) is 0 Å². The number of rotatable bonds is 2. The zero-order valence-electron chi connectivity index (χ0n) is 10.8. The summed E-state index contributed by atoms with van der Waals surface area (Å²) in [5.41, 5.74) is 7.48. The van der Waals surface area contributed by atoms with Gasteiger partial charge in [0.2, 0.25) is 0 Å². The topological polar surface area (TPSA) is 87.6 Å². The Morgan fingerprint density at radius 2 is 2.00 bits per heavy atom. The van der Waals surface area contributed by atoms with Gasteiger partial charge in [-0.3, -0.25) is 0 Å². The fraction of sp³-hybridized carbons (Fsp3) is 0. The molecule has 0 bridgehead atoms. The van der Waals surface area contributed by atoms with Crippen LogP contribution in [0.15, 0.2) is 42.7 Å². The van der Waals surface area contributed by atoms with E-state index >= 15 is 0 Å². The van der Waals surface area contributed by atoms with E-state index in [1.54, 1.807) is 18.2 Å². The Morgan fingerprint density at radius 3 is 2.76 bits per heavy atom. The molecule has 102 valence electrons. The summed E-state index contributed by atoms with van der Waals surface area (Å²) in [5, 5.41) is 12.4. The molecular formula is C15H10FN5. The van der Waals surface area contributed by atoms with Crippen molar-refractivity contribution in [3.05, 3.63) is 54.1 Å². The number of halogens is 1. The second-order valence-corrected chi connectivity index (χ2v) is 4.43. The van der Waals surface area contributed by atoms with E-state index in [9.17, 15) is 4.39 Å². The van der Waals surface area contributed by atoms with Gasteiger partial charge in [-0.15, -0.1) is 0 Å². The lowest BCUT2D eigenvalue weighted by Crippen LogP contribution is -1.99. The Bertz CT molecular complexity index is 870. The van der Waals surface area contributed by atoms with Crippen molar-refractivity contribution in [1.29, 1.82) is 5.26 Å². The van der Waals surface area contributed by atoms with Gasteiger partial charge >= 0.3 is 0 Å². The maximum Gasteiger partial charge on any atom is 0.147 e. The lowest BCUT2D eigenvalue weighted by Gasteiger charge is -2.09. The SMILES string of the molecule is N#Cc1ccc(Nc2ncnc3cc(N)ccc23)c(F)c1. The summed E-state index contributed by atoms with van der Waals surface area (Å²) < 4.78 is 13.9. The van der Waals surface area contributed by atoms with Crippen LogP contribution in [-0.4, -0.2) is 9.97 Å². The third-order valence-electron chi connectivity index (χ3n) is 3.01. The van der Waals surface area contributed by atoms with E-state index in [2.05, 4.69) is 15.3 Å². The van der Waals surface area contributed by atoms with Crippen molar-refractivity contribution in [2.24, 2.45) is 0 Å². The molecule has 3 aromatic rings. The van der Waals surface area contributed by atoms with E-state index in [4.69, 9.17) is 11.0 Å². The average molecular weight is 279 g/mol. The second kappa shape index (κ2) is 5.06. The minimum absolute atomic E-state index is 0.242. The molecule has 5 nitrogen and oxygen atoms in total. The summed E-state index contributed by atoms with van der Waals surface area (Å²) >= 11 is 0. The van der Waals surface area contributed by atoms with Gasteiger partial charge in [-0.25, -0.2) is 14.4 Å². The highest BCUT2D eigenvalue weighted by Crippen LogP contribution is 2.26. The Balaban J connectivity index is 2.04. The molecule has 0 atom stereocenters. The average Bonchev–Trinajstić information content (AvgIpc) is 2.49. The van der Waals surface area contributed by atoms with Crippen molar-refractivity contribution in [2.75, 3.05) is 11.1 Å². The number of nitrogens with two attached hydrogens (primary N) is 1. The lowest BCUT2D eigenvalue weighted by atomic mass is 10.2. The molecule has 21 heavy (non-hydrogen) atoms. The number of nitrogens with zero attached hydrogens (tertiary/aromatic N) is 3.